The molecule has 31 heavy (non-hydrogen) atoms. The zero-order valence-electron chi connectivity index (χ0n) is 13.5. The van der Waals surface area contributed by atoms with Crippen LogP contribution in [0.1, 0.15) is 0 Å². The third kappa shape index (κ3) is 4.06. The second kappa shape index (κ2) is 7.30. The summed E-state index contributed by atoms with van der Waals surface area (Å²) in [5.41, 5.74) is -7.61. The van der Waals surface area contributed by atoms with Crippen molar-refractivity contribution in [3.8, 4) is 0 Å². The van der Waals surface area contributed by atoms with Gasteiger partial charge in [0.05, 0.1) is 0 Å². The summed E-state index contributed by atoms with van der Waals surface area (Å²) in [6.45, 7) is 0. The number of rotatable bonds is 7. The van der Waals surface area contributed by atoms with Crippen molar-refractivity contribution in [3.05, 3.63) is 0 Å². The van der Waals surface area contributed by atoms with Crippen LogP contribution in [0, 0.1) is 0 Å². The average Bonchev–Trinajstić information content (AvgIpc) is 2.41. The lowest BCUT2D eigenvalue weighted by Crippen LogP contribution is -2.77. The summed E-state index contributed by atoms with van der Waals surface area (Å²) in [4.78, 5) is 0. The van der Waals surface area contributed by atoms with E-state index >= 15 is 0 Å². The molecular formula is C10H3F19O2. The van der Waals surface area contributed by atoms with Crippen molar-refractivity contribution in [2.24, 2.45) is 0 Å². The molecule has 0 N–H and O–H groups in total. The molecule has 0 fully saturated rings. The van der Waals surface area contributed by atoms with Crippen molar-refractivity contribution in [2.75, 3.05) is 7.11 Å². The van der Waals surface area contributed by atoms with Gasteiger partial charge in [0, 0.05) is 7.11 Å². The van der Waals surface area contributed by atoms with Gasteiger partial charge in [-0.15, -0.1) is 0 Å². The maximum atomic E-state index is 13.6. The number of ether oxygens (including phenoxy) is 2. The van der Waals surface area contributed by atoms with E-state index in [1.54, 1.807) is 0 Å². The molecule has 0 saturated carbocycles. The summed E-state index contributed by atoms with van der Waals surface area (Å²) in [5, 5.41) is 0. The van der Waals surface area contributed by atoms with Crippen LogP contribution in [0.3, 0.4) is 0 Å². The second-order valence-corrected chi connectivity index (χ2v) is 5.24. The number of hydrogen-bond donors (Lipinski definition) is 0. The van der Waals surface area contributed by atoms with E-state index in [1.807, 2.05) is 0 Å². The van der Waals surface area contributed by atoms with Gasteiger partial charge in [-0.2, -0.15) is 83.4 Å². The Balaban J connectivity index is 6.81. The minimum Gasteiger partial charge on any atom is -0.357 e. The van der Waals surface area contributed by atoms with Crippen LogP contribution in [0.25, 0.3) is 0 Å². The molecule has 0 heterocycles. The Morgan fingerprint density at radius 2 is 0.677 bits per heavy atom. The first-order valence-corrected chi connectivity index (χ1v) is 6.36. The minimum absolute atomic E-state index is 1.02. The number of methoxy groups -OCH3 is 1. The highest BCUT2D eigenvalue weighted by atomic mass is 19.4. The molecule has 0 bridgehead atoms. The molecule has 0 radical (unpaired) electrons. The second-order valence-electron chi connectivity index (χ2n) is 5.24. The molecule has 0 rings (SSSR count). The fraction of sp³-hybridized carbons (Fsp3) is 1.00. The Kier molecular flexibility index (Phi) is 6.97. The Labute approximate surface area is 155 Å². The molecule has 0 aliphatic rings. The highest BCUT2D eigenvalue weighted by Gasteiger charge is 2.94. The Morgan fingerprint density at radius 3 is 0.903 bits per heavy atom. The molecule has 0 aromatic rings. The summed E-state index contributed by atoms with van der Waals surface area (Å²) >= 11 is 0. The summed E-state index contributed by atoms with van der Waals surface area (Å²) in [6.07, 6.45) is -39.3. The first-order valence-electron chi connectivity index (χ1n) is 6.36. The highest BCUT2D eigenvalue weighted by molar-refractivity contribution is 5.14. The number of alkyl halides is 19. The average molecular weight is 516 g/mol. The lowest BCUT2D eigenvalue weighted by atomic mass is 9.88. The van der Waals surface area contributed by atoms with Gasteiger partial charge in [-0.25, -0.2) is 4.74 Å². The molecule has 0 saturated heterocycles. The molecule has 188 valence electrons. The van der Waals surface area contributed by atoms with Gasteiger partial charge in [0.1, 0.15) is 0 Å². The summed E-state index contributed by atoms with van der Waals surface area (Å²) in [5.74, 6) is -24.8. The molecule has 0 unspecified atom stereocenters. The third-order valence-electron chi connectivity index (χ3n) is 3.28. The van der Waals surface area contributed by atoms with Crippen LogP contribution in [-0.4, -0.2) is 61.2 Å². The van der Waals surface area contributed by atoms with Crippen molar-refractivity contribution in [3.63, 3.8) is 0 Å². The van der Waals surface area contributed by atoms with Crippen molar-refractivity contribution in [2.45, 2.75) is 54.1 Å². The van der Waals surface area contributed by atoms with E-state index in [2.05, 4.69) is 4.74 Å². The summed E-state index contributed by atoms with van der Waals surface area (Å²) in [7, 11) is -1.02. The van der Waals surface area contributed by atoms with Crippen molar-refractivity contribution >= 4 is 0 Å². The molecule has 21 heteroatoms. The minimum atomic E-state index is -8.49. The zero-order chi connectivity index (χ0) is 25.9. The van der Waals surface area contributed by atoms with E-state index in [4.69, 9.17) is 0 Å². The summed E-state index contributed by atoms with van der Waals surface area (Å²) in [6, 6.07) is 0. The predicted molar refractivity (Wildman–Crippen MR) is 53.7 cm³/mol. The molecule has 0 aliphatic heterocycles. The molecule has 2 nitrogen and oxygen atoms in total. The molecule has 0 aromatic heterocycles. The van der Waals surface area contributed by atoms with Gasteiger partial charge >= 0.3 is 54.1 Å². The smallest absolute Gasteiger partial charge is 0.357 e. The van der Waals surface area contributed by atoms with Crippen LogP contribution < -0.4 is 0 Å². The van der Waals surface area contributed by atoms with E-state index in [0.29, 0.717) is 0 Å². The molecule has 0 amide bonds. The quantitative estimate of drug-likeness (QED) is 0.378. The van der Waals surface area contributed by atoms with Gasteiger partial charge in [0.15, 0.2) is 0 Å². The predicted octanol–water partition coefficient (Wildman–Crippen LogP) is 6.17. The SMILES string of the molecule is COC(C(F)(F)F)(C(F)(F)F)C(F)(F)C(F)(F)C(F)(F)OC(F)(F)C(F)(F)C(F)(F)F. The molecule has 0 atom stereocenters. The van der Waals surface area contributed by atoms with Crippen LogP contribution in [0.4, 0.5) is 83.4 Å². The van der Waals surface area contributed by atoms with Crippen LogP contribution in [0.2, 0.25) is 0 Å². The third-order valence-corrected chi connectivity index (χ3v) is 3.28. The molecular weight excluding hydrogens is 513 g/mol. The van der Waals surface area contributed by atoms with Crippen LogP contribution >= 0.6 is 0 Å². The normalized spacial score (nSPS) is 16.6. The molecule has 0 spiro atoms. The lowest BCUT2D eigenvalue weighted by Gasteiger charge is -2.45. The van der Waals surface area contributed by atoms with Crippen LogP contribution in [-0.2, 0) is 9.47 Å². The zero-order valence-corrected chi connectivity index (χ0v) is 13.5. The van der Waals surface area contributed by atoms with Crippen LogP contribution in [0.5, 0.6) is 0 Å². The van der Waals surface area contributed by atoms with E-state index < -0.39 is 61.2 Å². The van der Waals surface area contributed by atoms with Gasteiger partial charge in [0.2, 0.25) is 0 Å². The topological polar surface area (TPSA) is 18.5 Å². The van der Waals surface area contributed by atoms with E-state index in [1.165, 1.54) is 0 Å². The van der Waals surface area contributed by atoms with Crippen LogP contribution in [0.15, 0.2) is 0 Å². The highest BCUT2D eigenvalue weighted by Crippen LogP contribution is 2.62. The molecule has 0 aliphatic carbocycles. The maximum absolute atomic E-state index is 13.6. The number of halogens is 19. The van der Waals surface area contributed by atoms with E-state index in [0.717, 1.165) is 4.74 Å². The maximum Gasteiger partial charge on any atom is 0.462 e. The van der Waals surface area contributed by atoms with Gasteiger partial charge in [0.25, 0.3) is 0 Å². The van der Waals surface area contributed by atoms with Gasteiger partial charge in [-0.3, -0.25) is 0 Å². The number of hydrogen-bond acceptors (Lipinski definition) is 2. The first kappa shape index (κ1) is 29.6. The van der Waals surface area contributed by atoms with Gasteiger partial charge in [-0.05, 0) is 0 Å². The summed E-state index contributed by atoms with van der Waals surface area (Å²) < 4.78 is 245. The standard InChI is InChI=1S/C10H3F19O2/c1-30-2(6(17,18)19,7(20,21)22)3(11,12)4(13,14)9(26,27)31-10(28,29)5(15,16)8(23,24)25/h1H3. The fourth-order valence-corrected chi connectivity index (χ4v) is 1.73. The van der Waals surface area contributed by atoms with Crippen molar-refractivity contribution < 1.29 is 92.9 Å². The first-order chi connectivity index (χ1) is 13.0. The molecule has 0 aromatic carbocycles. The monoisotopic (exact) mass is 516 g/mol. The fourth-order valence-electron chi connectivity index (χ4n) is 1.73. The van der Waals surface area contributed by atoms with E-state index in [9.17, 15) is 83.4 Å². The Morgan fingerprint density at radius 1 is 0.387 bits per heavy atom. The van der Waals surface area contributed by atoms with Gasteiger partial charge < -0.3 is 4.74 Å². The van der Waals surface area contributed by atoms with Crippen molar-refractivity contribution in [1.82, 2.24) is 0 Å². The van der Waals surface area contributed by atoms with E-state index in [-0.39, 0.29) is 0 Å². The Bertz CT molecular complexity index is 624. The largest absolute Gasteiger partial charge is 0.462 e. The lowest BCUT2D eigenvalue weighted by molar-refractivity contribution is -0.529. The van der Waals surface area contributed by atoms with Crippen molar-refractivity contribution in [1.29, 1.82) is 0 Å². The Hall–Kier alpha value is -1.41. The van der Waals surface area contributed by atoms with Gasteiger partial charge in [-0.1, -0.05) is 0 Å².